The van der Waals surface area contributed by atoms with Crippen molar-refractivity contribution in [1.82, 2.24) is 19.2 Å². The molecule has 33 heavy (non-hydrogen) atoms. The Labute approximate surface area is 204 Å². The largest absolute Gasteiger partial charge is 0.493 e. The van der Waals surface area contributed by atoms with Gasteiger partial charge in [-0.05, 0) is 49.2 Å². The maximum Gasteiger partial charge on any atom is 0.345 e. The van der Waals surface area contributed by atoms with Crippen LogP contribution in [0.15, 0.2) is 59.7 Å². The molecule has 0 atom stereocenters. The monoisotopic (exact) mass is 489 g/mol. The fourth-order valence-corrected chi connectivity index (χ4v) is 4.37. The average molecular weight is 490 g/mol. The van der Waals surface area contributed by atoms with Gasteiger partial charge in [0.1, 0.15) is 12.1 Å². The van der Waals surface area contributed by atoms with E-state index in [1.165, 1.54) is 5.69 Å². The van der Waals surface area contributed by atoms with Gasteiger partial charge in [-0.25, -0.2) is 9.48 Å². The zero-order valence-electron chi connectivity index (χ0n) is 18.6. The van der Waals surface area contributed by atoms with Crippen molar-refractivity contribution in [3.05, 3.63) is 75.4 Å². The van der Waals surface area contributed by atoms with Gasteiger partial charge in [-0.15, -0.1) is 0 Å². The maximum absolute atomic E-state index is 12.6. The fourth-order valence-electron chi connectivity index (χ4n) is 4.01. The van der Waals surface area contributed by atoms with E-state index >= 15 is 0 Å². The number of benzene rings is 2. The van der Waals surface area contributed by atoms with Crippen LogP contribution in [0.5, 0.6) is 5.75 Å². The fraction of sp³-hybridized carbons (Fsp3) is 0.417. The lowest BCUT2D eigenvalue weighted by atomic mass is 10.2. The Hall–Kier alpha value is -2.48. The highest BCUT2D eigenvalue weighted by Crippen LogP contribution is 2.21. The second kappa shape index (κ2) is 11.6. The third-order valence-electron chi connectivity index (χ3n) is 5.79. The van der Waals surface area contributed by atoms with Gasteiger partial charge >= 0.3 is 5.69 Å². The van der Waals surface area contributed by atoms with Crippen LogP contribution in [0.3, 0.4) is 0 Å². The summed E-state index contributed by atoms with van der Waals surface area (Å²) in [4.78, 5) is 17.4. The number of anilines is 1. The van der Waals surface area contributed by atoms with Gasteiger partial charge in [-0.2, -0.15) is 5.10 Å². The molecule has 1 aromatic heterocycles. The van der Waals surface area contributed by atoms with Gasteiger partial charge < -0.3 is 9.64 Å². The zero-order valence-corrected chi connectivity index (χ0v) is 20.1. The first-order valence-corrected chi connectivity index (χ1v) is 12.1. The molecular weight excluding hydrogens is 461 g/mol. The predicted octanol–water partition coefficient (Wildman–Crippen LogP) is 4.03. The third kappa shape index (κ3) is 6.76. The molecule has 0 unspecified atom stereocenters. The first-order valence-electron chi connectivity index (χ1n) is 11.3. The number of aryl methyl sites for hydroxylation is 2. The Morgan fingerprint density at radius 3 is 2.39 bits per heavy atom. The van der Waals surface area contributed by atoms with Crippen LogP contribution in [-0.4, -0.2) is 58.6 Å². The smallest absolute Gasteiger partial charge is 0.345 e. The molecule has 1 aliphatic rings. The van der Waals surface area contributed by atoms with Crippen molar-refractivity contribution >= 4 is 28.9 Å². The van der Waals surface area contributed by atoms with E-state index in [1.807, 2.05) is 36.4 Å². The number of piperazine rings is 1. The summed E-state index contributed by atoms with van der Waals surface area (Å²) >= 11 is 12.1. The Bertz CT molecular complexity index is 1090. The number of nitrogens with zero attached hydrogens (tertiary/aromatic N) is 5. The molecule has 1 aliphatic heterocycles. The number of hydrogen-bond acceptors (Lipinski definition) is 5. The van der Waals surface area contributed by atoms with Crippen molar-refractivity contribution in [1.29, 1.82) is 0 Å². The maximum atomic E-state index is 12.6. The van der Waals surface area contributed by atoms with Crippen molar-refractivity contribution in [2.24, 2.45) is 0 Å². The van der Waals surface area contributed by atoms with Crippen LogP contribution in [0, 0.1) is 0 Å². The Morgan fingerprint density at radius 2 is 1.64 bits per heavy atom. The molecule has 2 heterocycles. The van der Waals surface area contributed by atoms with Gasteiger partial charge in [0.2, 0.25) is 0 Å². The SMILES string of the molecule is O=c1n(CCCOc2cccc(Cl)c2)cnn1CCCN1CCN(c2cccc(Cl)c2)CC1. The molecule has 0 radical (unpaired) electrons. The Morgan fingerprint density at radius 1 is 0.879 bits per heavy atom. The first-order chi connectivity index (χ1) is 16.1. The van der Waals surface area contributed by atoms with Crippen LogP contribution in [-0.2, 0) is 13.1 Å². The van der Waals surface area contributed by atoms with E-state index in [2.05, 4.69) is 21.0 Å². The van der Waals surface area contributed by atoms with Gasteiger partial charge in [-0.1, -0.05) is 35.3 Å². The minimum absolute atomic E-state index is 0.0662. The second-order valence-electron chi connectivity index (χ2n) is 8.15. The summed E-state index contributed by atoms with van der Waals surface area (Å²) in [6.45, 7) is 6.63. The van der Waals surface area contributed by atoms with Crippen molar-refractivity contribution in [3.8, 4) is 5.75 Å². The molecule has 3 aromatic rings. The summed E-state index contributed by atoms with van der Waals surface area (Å²) in [7, 11) is 0. The Balaban J connectivity index is 1.15. The van der Waals surface area contributed by atoms with E-state index in [0.29, 0.717) is 24.7 Å². The first kappa shape index (κ1) is 23.7. The second-order valence-corrected chi connectivity index (χ2v) is 9.02. The third-order valence-corrected chi connectivity index (χ3v) is 6.27. The number of halogens is 2. The molecule has 1 fully saturated rings. The van der Waals surface area contributed by atoms with Gasteiger partial charge in [0.25, 0.3) is 0 Å². The predicted molar refractivity (Wildman–Crippen MR) is 133 cm³/mol. The minimum atomic E-state index is -0.0662. The molecular formula is C24H29Cl2N5O2. The Kier molecular flexibility index (Phi) is 8.31. The standard InChI is InChI=1S/C24H29Cl2N5O2/c25-20-5-1-7-22(17-20)29-14-12-28(13-15-29)9-3-11-31-24(32)30(19-27-31)10-4-16-33-23-8-2-6-21(26)18-23/h1-2,5-8,17-19H,3-4,9-16H2. The minimum Gasteiger partial charge on any atom is -0.493 e. The average Bonchev–Trinajstić information content (AvgIpc) is 3.16. The summed E-state index contributed by atoms with van der Waals surface area (Å²) in [5, 5.41) is 5.69. The number of hydrogen-bond donors (Lipinski definition) is 0. The van der Waals surface area contributed by atoms with Crippen molar-refractivity contribution in [2.45, 2.75) is 25.9 Å². The van der Waals surface area contributed by atoms with Crippen molar-refractivity contribution in [2.75, 3.05) is 44.2 Å². The van der Waals surface area contributed by atoms with E-state index in [9.17, 15) is 4.79 Å². The van der Waals surface area contributed by atoms with E-state index < -0.39 is 0 Å². The molecule has 1 saturated heterocycles. The van der Waals surface area contributed by atoms with Gasteiger partial charge in [0.05, 0.1) is 6.61 Å². The summed E-state index contributed by atoms with van der Waals surface area (Å²) < 4.78 is 8.89. The van der Waals surface area contributed by atoms with Crippen LogP contribution in [0.25, 0.3) is 0 Å². The van der Waals surface area contributed by atoms with E-state index in [-0.39, 0.29) is 5.69 Å². The molecule has 0 aliphatic carbocycles. The van der Waals surface area contributed by atoms with Gasteiger partial charge in [0, 0.05) is 61.5 Å². The van der Waals surface area contributed by atoms with Crippen LogP contribution in [0.2, 0.25) is 10.0 Å². The summed E-state index contributed by atoms with van der Waals surface area (Å²) in [6.07, 6.45) is 3.23. The normalized spacial score (nSPS) is 14.5. The lowest BCUT2D eigenvalue weighted by molar-refractivity contribution is 0.248. The molecule has 176 valence electrons. The topological polar surface area (TPSA) is 55.5 Å². The molecule has 0 bridgehead atoms. The highest BCUT2D eigenvalue weighted by molar-refractivity contribution is 6.31. The number of aromatic nitrogens is 3. The van der Waals surface area contributed by atoms with Crippen LogP contribution >= 0.6 is 23.2 Å². The van der Waals surface area contributed by atoms with E-state index in [4.69, 9.17) is 27.9 Å². The molecule has 7 nitrogen and oxygen atoms in total. The highest BCUT2D eigenvalue weighted by Gasteiger charge is 2.17. The molecule has 0 N–H and O–H groups in total. The van der Waals surface area contributed by atoms with Crippen molar-refractivity contribution < 1.29 is 4.74 Å². The van der Waals surface area contributed by atoms with Crippen LogP contribution < -0.4 is 15.3 Å². The lowest BCUT2D eigenvalue weighted by Gasteiger charge is -2.36. The summed E-state index contributed by atoms with van der Waals surface area (Å²) in [5.41, 5.74) is 1.11. The van der Waals surface area contributed by atoms with Crippen LogP contribution in [0.1, 0.15) is 12.8 Å². The van der Waals surface area contributed by atoms with Gasteiger partial charge in [0.15, 0.2) is 0 Å². The van der Waals surface area contributed by atoms with Gasteiger partial charge in [-0.3, -0.25) is 9.47 Å². The molecule has 9 heteroatoms. The molecule has 2 aromatic carbocycles. The number of rotatable bonds is 10. The quantitative estimate of drug-likeness (QED) is 0.402. The van der Waals surface area contributed by atoms with Crippen molar-refractivity contribution in [3.63, 3.8) is 0 Å². The lowest BCUT2D eigenvalue weighted by Crippen LogP contribution is -2.46. The summed E-state index contributed by atoms with van der Waals surface area (Å²) in [6, 6.07) is 15.3. The van der Waals surface area contributed by atoms with E-state index in [0.717, 1.165) is 56.3 Å². The number of ether oxygens (including phenoxy) is 1. The van der Waals surface area contributed by atoms with Crippen LogP contribution in [0.4, 0.5) is 5.69 Å². The molecule has 0 amide bonds. The highest BCUT2D eigenvalue weighted by atomic mass is 35.5. The molecule has 0 saturated carbocycles. The summed E-state index contributed by atoms with van der Waals surface area (Å²) in [5.74, 6) is 0.735. The van der Waals surface area contributed by atoms with E-state index in [1.54, 1.807) is 21.6 Å². The zero-order chi connectivity index (χ0) is 23.0. The molecule has 4 rings (SSSR count). The molecule has 0 spiro atoms.